The Morgan fingerprint density at radius 1 is 1.40 bits per heavy atom. The number of carbonyl (C=O) groups excluding carboxylic acids is 1. The van der Waals surface area contributed by atoms with E-state index < -0.39 is 0 Å². The van der Waals surface area contributed by atoms with Crippen LogP contribution in [-0.2, 0) is 0 Å². The van der Waals surface area contributed by atoms with Crippen LogP contribution < -0.4 is 0 Å². The number of halogens is 1. The lowest BCUT2D eigenvalue weighted by Gasteiger charge is -2.01. The molecule has 0 spiro atoms. The third kappa shape index (κ3) is 1.90. The molecule has 0 bridgehead atoms. The Labute approximate surface area is 85.3 Å². The zero-order valence-corrected chi connectivity index (χ0v) is 8.01. The van der Waals surface area contributed by atoms with Crippen molar-refractivity contribution in [3.8, 4) is 5.69 Å². The SMILES string of the molecule is Cc1cc(F)cc(-n2cc(C=O)nn2)c1. The number of aryl methyl sites for hydroxylation is 1. The molecule has 0 atom stereocenters. The van der Waals surface area contributed by atoms with E-state index in [1.54, 1.807) is 13.0 Å². The molecule has 2 aromatic rings. The number of rotatable bonds is 2. The lowest BCUT2D eigenvalue weighted by molar-refractivity contribution is 0.111. The number of nitrogens with zero attached hydrogens (tertiary/aromatic N) is 3. The van der Waals surface area contributed by atoms with Gasteiger partial charge in [0.1, 0.15) is 11.5 Å². The smallest absolute Gasteiger partial charge is 0.171 e. The van der Waals surface area contributed by atoms with Crippen LogP contribution in [0.1, 0.15) is 16.1 Å². The normalized spacial score (nSPS) is 10.3. The van der Waals surface area contributed by atoms with E-state index in [0.717, 1.165) is 5.56 Å². The predicted octanol–water partition coefficient (Wildman–Crippen LogP) is 1.53. The molecule has 0 unspecified atom stereocenters. The summed E-state index contributed by atoms with van der Waals surface area (Å²) in [5, 5.41) is 7.30. The molecule has 1 heterocycles. The predicted molar refractivity (Wildman–Crippen MR) is 51.4 cm³/mol. The van der Waals surface area contributed by atoms with Crippen molar-refractivity contribution in [2.24, 2.45) is 0 Å². The lowest BCUT2D eigenvalue weighted by Crippen LogP contribution is -1.96. The van der Waals surface area contributed by atoms with Gasteiger partial charge < -0.3 is 0 Å². The van der Waals surface area contributed by atoms with Gasteiger partial charge in [-0.25, -0.2) is 9.07 Å². The van der Waals surface area contributed by atoms with Gasteiger partial charge in [0, 0.05) is 0 Å². The van der Waals surface area contributed by atoms with Crippen LogP contribution in [0.5, 0.6) is 0 Å². The molecule has 0 aliphatic rings. The molecule has 0 amide bonds. The van der Waals surface area contributed by atoms with Gasteiger partial charge in [-0.05, 0) is 30.7 Å². The van der Waals surface area contributed by atoms with Crippen LogP contribution in [-0.4, -0.2) is 21.3 Å². The van der Waals surface area contributed by atoms with Crippen molar-refractivity contribution in [2.45, 2.75) is 6.92 Å². The van der Waals surface area contributed by atoms with Crippen LogP contribution in [0.25, 0.3) is 5.69 Å². The number of benzene rings is 1. The molecule has 5 heteroatoms. The van der Waals surface area contributed by atoms with Crippen molar-refractivity contribution in [3.63, 3.8) is 0 Å². The molecular weight excluding hydrogens is 197 g/mol. The molecule has 0 radical (unpaired) electrons. The van der Waals surface area contributed by atoms with Crippen molar-refractivity contribution in [1.29, 1.82) is 0 Å². The van der Waals surface area contributed by atoms with Crippen LogP contribution in [0.3, 0.4) is 0 Å². The van der Waals surface area contributed by atoms with Crippen molar-refractivity contribution >= 4 is 6.29 Å². The Morgan fingerprint density at radius 2 is 2.20 bits per heavy atom. The highest BCUT2D eigenvalue weighted by Gasteiger charge is 2.03. The first-order chi connectivity index (χ1) is 7.19. The fourth-order valence-electron chi connectivity index (χ4n) is 1.31. The number of hydrogen-bond donors (Lipinski definition) is 0. The molecule has 0 aliphatic carbocycles. The average Bonchev–Trinajstić information content (AvgIpc) is 2.64. The van der Waals surface area contributed by atoms with Gasteiger partial charge in [-0.3, -0.25) is 4.79 Å². The Morgan fingerprint density at radius 3 is 2.80 bits per heavy atom. The molecule has 1 aromatic carbocycles. The Balaban J connectivity index is 2.48. The zero-order valence-electron chi connectivity index (χ0n) is 8.01. The average molecular weight is 205 g/mol. The quantitative estimate of drug-likeness (QED) is 0.698. The Bertz CT molecular complexity index is 487. The van der Waals surface area contributed by atoms with E-state index in [9.17, 15) is 9.18 Å². The Hall–Kier alpha value is -2.04. The second-order valence-corrected chi connectivity index (χ2v) is 3.19. The van der Waals surface area contributed by atoms with Gasteiger partial charge in [0.15, 0.2) is 6.29 Å². The van der Waals surface area contributed by atoms with Crippen LogP contribution in [0.2, 0.25) is 0 Å². The summed E-state index contributed by atoms with van der Waals surface area (Å²) >= 11 is 0. The lowest BCUT2D eigenvalue weighted by atomic mass is 10.2. The molecule has 2 rings (SSSR count). The number of aldehydes is 1. The molecule has 1 aromatic heterocycles. The molecule has 0 aliphatic heterocycles. The van der Waals surface area contributed by atoms with Gasteiger partial charge in [0.2, 0.25) is 0 Å². The van der Waals surface area contributed by atoms with E-state index in [1.807, 2.05) is 0 Å². The number of aromatic nitrogens is 3. The molecule has 0 saturated carbocycles. The maximum Gasteiger partial charge on any atom is 0.171 e. The third-order valence-electron chi connectivity index (χ3n) is 1.92. The summed E-state index contributed by atoms with van der Waals surface area (Å²) in [5.74, 6) is -0.340. The molecule has 0 N–H and O–H groups in total. The summed E-state index contributed by atoms with van der Waals surface area (Å²) in [7, 11) is 0. The van der Waals surface area contributed by atoms with Crippen LogP contribution in [0, 0.1) is 12.7 Å². The maximum atomic E-state index is 13.1. The fourth-order valence-corrected chi connectivity index (χ4v) is 1.31. The standard InChI is InChI=1S/C10H8FN3O/c1-7-2-8(11)4-10(3-7)14-5-9(6-15)12-13-14/h2-6H,1H3. The topological polar surface area (TPSA) is 47.8 Å². The first kappa shape index (κ1) is 9.51. The van der Waals surface area contributed by atoms with E-state index in [0.29, 0.717) is 12.0 Å². The minimum absolute atomic E-state index is 0.219. The summed E-state index contributed by atoms with van der Waals surface area (Å²) in [6, 6.07) is 4.50. The summed E-state index contributed by atoms with van der Waals surface area (Å²) < 4.78 is 14.4. The minimum Gasteiger partial charge on any atom is -0.296 e. The first-order valence-corrected chi connectivity index (χ1v) is 4.34. The van der Waals surface area contributed by atoms with Gasteiger partial charge in [0.05, 0.1) is 11.9 Å². The first-order valence-electron chi connectivity index (χ1n) is 4.34. The second-order valence-electron chi connectivity index (χ2n) is 3.19. The highest BCUT2D eigenvalue weighted by atomic mass is 19.1. The number of carbonyl (C=O) groups is 1. The minimum atomic E-state index is -0.340. The molecule has 0 fully saturated rings. The third-order valence-corrected chi connectivity index (χ3v) is 1.92. The van der Waals surface area contributed by atoms with Crippen LogP contribution >= 0.6 is 0 Å². The maximum absolute atomic E-state index is 13.1. The summed E-state index contributed by atoms with van der Waals surface area (Å²) in [4.78, 5) is 10.4. The van der Waals surface area contributed by atoms with Gasteiger partial charge >= 0.3 is 0 Å². The molecular formula is C10H8FN3O. The molecule has 0 saturated heterocycles. The summed E-state index contributed by atoms with van der Waals surface area (Å²) in [5.41, 5.74) is 1.55. The molecule has 76 valence electrons. The van der Waals surface area contributed by atoms with E-state index in [4.69, 9.17) is 0 Å². The van der Waals surface area contributed by atoms with Crippen LogP contribution in [0.4, 0.5) is 4.39 Å². The van der Waals surface area contributed by atoms with Gasteiger partial charge in [-0.15, -0.1) is 5.10 Å². The van der Waals surface area contributed by atoms with E-state index in [2.05, 4.69) is 10.3 Å². The van der Waals surface area contributed by atoms with Crippen molar-refractivity contribution < 1.29 is 9.18 Å². The van der Waals surface area contributed by atoms with Crippen molar-refractivity contribution in [3.05, 3.63) is 41.5 Å². The Kier molecular flexibility index (Phi) is 2.29. The zero-order chi connectivity index (χ0) is 10.8. The monoisotopic (exact) mass is 205 g/mol. The largest absolute Gasteiger partial charge is 0.296 e. The highest BCUT2D eigenvalue weighted by molar-refractivity contribution is 5.70. The fraction of sp³-hybridized carbons (Fsp3) is 0.100. The van der Waals surface area contributed by atoms with E-state index >= 15 is 0 Å². The summed E-state index contributed by atoms with van der Waals surface area (Å²) in [6.45, 7) is 1.78. The molecule has 15 heavy (non-hydrogen) atoms. The summed E-state index contributed by atoms with van der Waals surface area (Å²) in [6.07, 6.45) is 2.04. The number of hydrogen-bond acceptors (Lipinski definition) is 3. The van der Waals surface area contributed by atoms with Crippen molar-refractivity contribution in [2.75, 3.05) is 0 Å². The van der Waals surface area contributed by atoms with Gasteiger partial charge in [-0.2, -0.15) is 0 Å². The van der Waals surface area contributed by atoms with Crippen LogP contribution in [0.15, 0.2) is 24.4 Å². The van der Waals surface area contributed by atoms with E-state index in [-0.39, 0.29) is 11.5 Å². The molecule has 4 nitrogen and oxygen atoms in total. The van der Waals surface area contributed by atoms with E-state index in [1.165, 1.54) is 23.0 Å². The highest BCUT2D eigenvalue weighted by Crippen LogP contribution is 2.11. The second kappa shape index (κ2) is 3.61. The van der Waals surface area contributed by atoms with Gasteiger partial charge in [0.25, 0.3) is 0 Å². The van der Waals surface area contributed by atoms with Gasteiger partial charge in [-0.1, -0.05) is 5.21 Å². The van der Waals surface area contributed by atoms with Crippen molar-refractivity contribution in [1.82, 2.24) is 15.0 Å².